The lowest BCUT2D eigenvalue weighted by Crippen LogP contribution is -2.47. The predicted octanol–water partition coefficient (Wildman–Crippen LogP) is 2.67. The van der Waals surface area contributed by atoms with Crippen molar-refractivity contribution in [3.05, 3.63) is 28.8 Å². The Morgan fingerprint density at radius 1 is 1.03 bits per heavy atom. The van der Waals surface area contributed by atoms with E-state index in [1.807, 2.05) is 13.0 Å². The first-order valence-corrected chi connectivity index (χ1v) is 14.0. The summed E-state index contributed by atoms with van der Waals surface area (Å²) in [6.07, 6.45) is 6.47. The van der Waals surface area contributed by atoms with Crippen LogP contribution in [0.25, 0.3) is 0 Å². The highest BCUT2D eigenvalue weighted by Crippen LogP contribution is 2.63. The molecule has 0 heterocycles. The molecule has 0 unspecified atom stereocenters. The van der Waals surface area contributed by atoms with Gasteiger partial charge in [0.15, 0.2) is 0 Å². The van der Waals surface area contributed by atoms with Gasteiger partial charge in [-0.15, -0.1) is 0 Å². The predicted molar refractivity (Wildman–Crippen MR) is 117 cm³/mol. The van der Waals surface area contributed by atoms with Crippen LogP contribution in [0.1, 0.15) is 75.0 Å². The topological polar surface area (TPSA) is 139 Å². The van der Waals surface area contributed by atoms with Crippen molar-refractivity contribution in [2.75, 3.05) is 0 Å². The largest absolute Gasteiger partial charge is 0.380 e. The van der Waals surface area contributed by atoms with E-state index in [0.29, 0.717) is 36.3 Å². The molecular weight excluding hydrogens is 440 g/mol. The number of hydrogen-bond donors (Lipinski definition) is 2. The molecule has 1 aromatic rings. The quantitative estimate of drug-likeness (QED) is 0.652. The summed E-state index contributed by atoms with van der Waals surface area (Å²) in [5.74, 6) is 1.53. The van der Waals surface area contributed by atoms with Gasteiger partial charge in [0.1, 0.15) is 5.75 Å². The van der Waals surface area contributed by atoms with Crippen LogP contribution in [0, 0.1) is 17.3 Å². The smallest absolute Gasteiger partial charge is 0.371 e. The molecule has 174 valence electrons. The molecule has 8 nitrogen and oxygen atoms in total. The monoisotopic (exact) mass is 472 g/mol. The average molecular weight is 473 g/mol. The molecule has 2 fully saturated rings. The van der Waals surface area contributed by atoms with E-state index in [2.05, 4.69) is 13.0 Å². The third-order valence-corrected chi connectivity index (χ3v) is 8.95. The van der Waals surface area contributed by atoms with Crippen molar-refractivity contribution in [3.63, 3.8) is 0 Å². The van der Waals surface area contributed by atoms with E-state index in [4.69, 9.17) is 18.6 Å². The van der Waals surface area contributed by atoms with E-state index in [1.165, 1.54) is 5.56 Å². The Balaban J connectivity index is 1.67. The Kier molecular flexibility index (Phi) is 5.92. The molecule has 0 spiro atoms. The molecule has 2 saturated carbocycles. The summed E-state index contributed by atoms with van der Waals surface area (Å²) in [7, 11) is -8.06. The highest BCUT2D eigenvalue weighted by atomic mass is 32.2. The second kappa shape index (κ2) is 7.98. The van der Waals surface area contributed by atoms with E-state index in [1.54, 1.807) is 0 Å². The maximum absolute atomic E-state index is 11.7. The number of fused-ring (bicyclic) bond motifs is 5. The molecule has 3 aliphatic rings. The molecule has 3 aliphatic carbocycles. The van der Waals surface area contributed by atoms with Gasteiger partial charge in [-0.3, -0.25) is 4.18 Å². The fourth-order valence-electron chi connectivity index (χ4n) is 6.86. The Hall–Kier alpha value is -1.20. The zero-order valence-corrected chi connectivity index (χ0v) is 19.7. The number of benzene rings is 1. The highest BCUT2D eigenvalue weighted by molar-refractivity contribution is 7.84. The molecule has 0 amide bonds. The molecule has 0 saturated heterocycles. The van der Waals surface area contributed by atoms with Crippen molar-refractivity contribution in [1.82, 2.24) is 0 Å². The fraction of sp³-hybridized carbons (Fsp3) is 0.714. The lowest BCUT2D eigenvalue weighted by Gasteiger charge is -2.52. The maximum atomic E-state index is 11.7. The Bertz CT molecular complexity index is 1070. The molecule has 1 aromatic carbocycles. The molecule has 10 heteroatoms. The Labute approximate surface area is 185 Å². The molecule has 4 rings (SSSR count). The summed E-state index contributed by atoms with van der Waals surface area (Å²) in [6, 6.07) is 3.94. The van der Waals surface area contributed by atoms with Gasteiger partial charge in [0, 0.05) is 5.41 Å². The second-order valence-corrected chi connectivity index (χ2v) is 11.6. The summed E-state index contributed by atoms with van der Waals surface area (Å²) in [5.41, 5.74) is 3.07. The van der Waals surface area contributed by atoms with Crippen LogP contribution in [0.2, 0.25) is 0 Å². The van der Waals surface area contributed by atoms with Gasteiger partial charge in [0.2, 0.25) is 0 Å². The van der Waals surface area contributed by atoms with Crippen molar-refractivity contribution in [1.29, 1.82) is 0 Å². The molecule has 5 atom stereocenters. The molecule has 4 N–H and O–H groups in total. The van der Waals surface area contributed by atoms with E-state index in [-0.39, 0.29) is 11.5 Å². The van der Waals surface area contributed by atoms with E-state index in [9.17, 15) is 16.8 Å². The van der Waals surface area contributed by atoms with Crippen LogP contribution < -0.4 is 14.5 Å². The van der Waals surface area contributed by atoms with Gasteiger partial charge in [-0.05, 0) is 91.9 Å². The summed E-state index contributed by atoms with van der Waals surface area (Å²) in [6.45, 7) is 4.09. The molecule has 0 bridgehead atoms. The second-order valence-electron chi connectivity index (χ2n) is 9.28. The van der Waals surface area contributed by atoms with Crippen LogP contribution in [0.3, 0.4) is 0 Å². The minimum Gasteiger partial charge on any atom is -0.371 e. The van der Waals surface area contributed by atoms with Crippen LogP contribution in [-0.4, -0.2) is 22.9 Å². The van der Waals surface area contributed by atoms with Crippen LogP contribution >= 0.6 is 0 Å². The minimum absolute atomic E-state index is 0.157. The SMILES string of the molecule is CCc1cc2c(cc1OS(N)(=O)=O)CC[C@@H]1[C@@H]2CC[C@]2(CC)[C@@H](OS(N)(=O)=O)CC[C@@H]12. The molecular formula is C21H32N2O6S2. The van der Waals surface area contributed by atoms with Crippen molar-refractivity contribution in [3.8, 4) is 5.75 Å². The lowest BCUT2D eigenvalue weighted by atomic mass is 9.54. The highest BCUT2D eigenvalue weighted by Gasteiger charge is 2.57. The van der Waals surface area contributed by atoms with Crippen molar-refractivity contribution < 1.29 is 25.2 Å². The summed E-state index contributed by atoms with van der Waals surface area (Å²) in [5, 5.41) is 10.3. The van der Waals surface area contributed by atoms with E-state index < -0.39 is 20.6 Å². The molecule has 0 aromatic heterocycles. The van der Waals surface area contributed by atoms with E-state index >= 15 is 0 Å². The zero-order chi connectivity index (χ0) is 22.6. The first-order chi connectivity index (χ1) is 14.5. The third-order valence-electron chi connectivity index (χ3n) is 8.04. The van der Waals surface area contributed by atoms with Crippen molar-refractivity contribution in [2.45, 2.75) is 77.2 Å². The Morgan fingerprint density at radius 2 is 1.77 bits per heavy atom. The van der Waals surface area contributed by atoms with Gasteiger partial charge in [0.25, 0.3) is 0 Å². The maximum Gasteiger partial charge on any atom is 0.380 e. The molecule has 31 heavy (non-hydrogen) atoms. The van der Waals surface area contributed by atoms with Gasteiger partial charge in [0.05, 0.1) is 6.10 Å². The van der Waals surface area contributed by atoms with Crippen LogP contribution in [0.15, 0.2) is 12.1 Å². The van der Waals surface area contributed by atoms with Crippen LogP contribution in [0.5, 0.6) is 5.75 Å². The minimum atomic E-state index is -4.08. The molecule has 0 radical (unpaired) electrons. The van der Waals surface area contributed by atoms with Crippen molar-refractivity contribution in [2.24, 2.45) is 27.5 Å². The zero-order valence-electron chi connectivity index (χ0n) is 18.0. The normalized spacial score (nSPS) is 32.8. The summed E-state index contributed by atoms with van der Waals surface area (Å²) >= 11 is 0. The summed E-state index contributed by atoms with van der Waals surface area (Å²) < 4.78 is 56.7. The number of aryl methyl sites for hydroxylation is 2. The van der Waals surface area contributed by atoms with E-state index in [0.717, 1.165) is 49.7 Å². The molecule has 0 aliphatic heterocycles. The van der Waals surface area contributed by atoms with Crippen molar-refractivity contribution >= 4 is 20.6 Å². The van der Waals surface area contributed by atoms with Gasteiger partial charge in [-0.2, -0.15) is 22.0 Å². The number of nitrogens with two attached hydrogens (primary N) is 2. The Morgan fingerprint density at radius 3 is 2.39 bits per heavy atom. The average Bonchev–Trinajstić information content (AvgIpc) is 3.03. The fourth-order valence-corrected chi connectivity index (χ4v) is 7.88. The van der Waals surface area contributed by atoms with Gasteiger partial charge < -0.3 is 4.18 Å². The van der Waals surface area contributed by atoms with Crippen LogP contribution in [0.4, 0.5) is 0 Å². The number of rotatable bonds is 6. The summed E-state index contributed by atoms with van der Waals surface area (Å²) in [4.78, 5) is 0. The third kappa shape index (κ3) is 4.25. The number of hydrogen-bond acceptors (Lipinski definition) is 6. The first kappa shape index (κ1) is 23.0. The van der Waals surface area contributed by atoms with Gasteiger partial charge in [-0.25, -0.2) is 5.14 Å². The van der Waals surface area contributed by atoms with Gasteiger partial charge in [-0.1, -0.05) is 19.9 Å². The lowest BCUT2D eigenvalue weighted by molar-refractivity contribution is -0.0256. The van der Waals surface area contributed by atoms with Gasteiger partial charge >= 0.3 is 20.6 Å². The standard InChI is InChI=1S/C21H32N2O6S2/c1-3-13-11-17-14(12-19(13)28-30(22,24)25)5-6-16-15(17)9-10-21(4-2)18(16)7-8-20(21)29-31(23,26)27/h11-12,15-16,18,20H,3-10H2,1-2H3,(H2,22,24,25)(H2,23,26,27)/t15-,16+,18-,20-,21-/m0/s1. The van der Waals surface area contributed by atoms with Crippen LogP contribution in [-0.2, 0) is 37.6 Å². The first-order valence-electron chi connectivity index (χ1n) is 11.1.